The van der Waals surface area contributed by atoms with Gasteiger partial charge in [0, 0.05) is 23.7 Å². The number of halogens is 1. The smallest absolute Gasteiger partial charge is 0.163 e. The normalized spacial score (nSPS) is 17.6. The van der Waals surface area contributed by atoms with Crippen LogP contribution in [-0.2, 0) is 0 Å². The number of piperidine rings is 1. The molecule has 1 spiro atoms. The van der Waals surface area contributed by atoms with Crippen molar-refractivity contribution in [1.29, 1.82) is 5.26 Å². The van der Waals surface area contributed by atoms with Crippen molar-refractivity contribution in [1.82, 2.24) is 29.7 Å². The Hall–Kier alpha value is -3.45. The number of nitriles is 1. The zero-order valence-corrected chi connectivity index (χ0v) is 21.5. The highest BCUT2D eigenvalue weighted by atomic mass is 35.5. The van der Waals surface area contributed by atoms with Gasteiger partial charge in [0.05, 0.1) is 24.5 Å². The number of pyridine rings is 2. The molecule has 37 heavy (non-hydrogen) atoms. The molecule has 0 bridgehead atoms. The Bertz CT molecular complexity index is 1430. The lowest BCUT2D eigenvalue weighted by Gasteiger charge is -2.50. The average molecular weight is 520 g/mol. The number of nitrogens with one attached hydrogen (secondary N) is 1. The summed E-state index contributed by atoms with van der Waals surface area (Å²) in [4.78, 5) is 4.31. The van der Waals surface area contributed by atoms with Gasteiger partial charge in [-0.15, -0.1) is 12.4 Å². The number of aliphatic hydroxyl groups is 1. The lowest BCUT2D eigenvalue weighted by Crippen LogP contribution is -2.46. The Morgan fingerprint density at radius 2 is 2.05 bits per heavy atom. The number of nitrogens with zero attached hydrogens (tertiary/aromatic N) is 6. The van der Waals surface area contributed by atoms with Gasteiger partial charge in [-0.3, -0.25) is 9.67 Å². The molecule has 1 aliphatic heterocycles. The minimum Gasteiger partial charge on any atom is -0.479 e. The van der Waals surface area contributed by atoms with Crippen LogP contribution in [0.3, 0.4) is 0 Å². The minimum atomic E-state index is -0.660. The van der Waals surface area contributed by atoms with Crippen molar-refractivity contribution in [2.24, 2.45) is 5.41 Å². The van der Waals surface area contributed by atoms with Crippen LogP contribution in [0.2, 0.25) is 0 Å². The predicted molar refractivity (Wildman–Crippen MR) is 141 cm³/mol. The summed E-state index contributed by atoms with van der Waals surface area (Å²) < 4.78 is 9.95. The molecule has 4 aromatic heterocycles. The molecule has 1 aliphatic carbocycles. The third-order valence-corrected chi connectivity index (χ3v) is 7.83. The summed E-state index contributed by atoms with van der Waals surface area (Å²) >= 11 is 0. The van der Waals surface area contributed by atoms with Crippen molar-refractivity contribution < 1.29 is 9.84 Å². The second kappa shape index (κ2) is 10.1. The van der Waals surface area contributed by atoms with Gasteiger partial charge >= 0.3 is 0 Å². The molecule has 4 aromatic rings. The van der Waals surface area contributed by atoms with Gasteiger partial charge in [-0.1, -0.05) is 6.07 Å². The van der Waals surface area contributed by atoms with Crippen molar-refractivity contribution >= 4 is 17.9 Å². The maximum absolute atomic E-state index is 10.2. The zero-order valence-electron chi connectivity index (χ0n) is 20.7. The highest BCUT2D eigenvalue weighted by Crippen LogP contribution is 2.54. The van der Waals surface area contributed by atoms with Crippen molar-refractivity contribution in [2.75, 3.05) is 19.7 Å². The van der Waals surface area contributed by atoms with Crippen LogP contribution in [0.4, 0.5) is 0 Å². The first kappa shape index (κ1) is 25.2. The lowest BCUT2D eigenvalue weighted by atomic mass is 9.60. The van der Waals surface area contributed by atoms with Gasteiger partial charge in [0.15, 0.2) is 6.10 Å². The molecule has 1 saturated heterocycles. The molecular formula is C27H30ClN7O2. The number of aromatic nitrogens is 5. The molecule has 192 valence electrons. The summed E-state index contributed by atoms with van der Waals surface area (Å²) in [6.45, 7) is 4.02. The topological polar surface area (TPSA) is 113 Å². The average Bonchev–Trinajstić information content (AvgIpc) is 3.46. The molecule has 1 saturated carbocycles. The van der Waals surface area contributed by atoms with Crippen molar-refractivity contribution in [2.45, 2.75) is 44.8 Å². The maximum Gasteiger partial charge on any atom is 0.163 e. The van der Waals surface area contributed by atoms with Crippen LogP contribution >= 0.6 is 12.4 Å². The van der Waals surface area contributed by atoms with Crippen LogP contribution < -0.4 is 10.1 Å². The number of fused-ring (bicyclic) bond motifs is 1. The van der Waals surface area contributed by atoms with Crippen LogP contribution in [0.25, 0.3) is 16.8 Å². The molecule has 2 aliphatic rings. The molecule has 2 N–H and O–H groups in total. The van der Waals surface area contributed by atoms with Crippen LogP contribution in [0.5, 0.6) is 5.75 Å². The van der Waals surface area contributed by atoms with Crippen LogP contribution in [0.15, 0.2) is 48.9 Å². The summed E-state index contributed by atoms with van der Waals surface area (Å²) in [7, 11) is 0. The number of aliphatic hydroxyl groups excluding tert-OH is 1. The fraction of sp³-hybridized carbons (Fsp3) is 0.407. The maximum atomic E-state index is 10.2. The Morgan fingerprint density at radius 3 is 2.76 bits per heavy atom. The van der Waals surface area contributed by atoms with Gasteiger partial charge in [0.25, 0.3) is 0 Å². The first-order valence-corrected chi connectivity index (χ1v) is 12.5. The Kier molecular flexibility index (Phi) is 6.90. The van der Waals surface area contributed by atoms with E-state index >= 15 is 0 Å². The molecule has 9 nitrogen and oxygen atoms in total. The quantitative estimate of drug-likeness (QED) is 0.395. The second-order valence-electron chi connectivity index (χ2n) is 9.94. The van der Waals surface area contributed by atoms with Crippen LogP contribution in [0, 0.1) is 23.7 Å². The van der Waals surface area contributed by atoms with Crippen LogP contribution in [-0.4, -0.2) is 49.2 Å². The number of ether oxygens (including phenoxy) is 1. The third kappa shape index (κ3) is 4.35. The molecule has 1 atom stereocenters. The van der Waals surface area contributed by atoms with E-state index in [1.165, 1.54) is 12.8 Å². The Morgan fingerprint density at radius 1 is 1.24 bits per heavy atom. The number of hydrogen-bond donors (Lipinski definition) is 2. The first-order valence-electron chi connectivity index (χ1n) is 12.5. The monoisotopic (exact) mass is 519 g/mol. The van der Waals surface area contributed by atoms with E-state index in [1.54, 1.807) is 29.0 Å². The molecule has 2 fully saturated rings. The SMILES string of the molecule is Cc1c(-c2nn3cccc(OC(CO)c4ccccn4)c3c2C#N)cnn1C1CC2(CCNCC2)C1.Cl. The lowest BCUT2D eigenvalue weighted by molar-refractivity contribution is 0.0221. The van der Waals surface area contributed by atoms with E-state index in [-0.39, 0.29) is 19.0 Å². The van der Waals surface area contributed by atoms with E-state index in [9.17, 15) is 10.4 Å². The first-order chi connectivity index (χ1) is 17.6. The van der Waals surface area contributed by atoms with E-state index in [0.29, 0.717) is 39.7 Å². The molecule has 0 amide bonds. The summed E-state index contributed by atoms with van der Waals surface area (Å²) in [5.41, 5.74) is 4.53. The molecular weight excluding hydrogens is 490 g/mol. The summed E-state index contributed by atoms with van der Waals surface area (Å²) in [5, 5.41) is 33.1. The molecule has 10 heteroatoms. The standard InChI is InChI=1S/C27H29N7O2.ClH/c1-18-21(16-31-34(18)19-13-27(14-19)7-10-29-11-8-27)25-20(15-28)26-23(6-4-12-33(26)32-25)36-24(17-35)22-5-2-3-9-30-22;/h2-6,9,12,16,19,24,29,35H,7-8,10-11,13-14,17H2,1H3;1H. The predicted octanol–water partition coefficient (Wildman–Crippen LogP) is 4.01. The van der Waals surface area contributed by atoms with E-state index in [2.05, 4.69) is 28.0 Å². The van der Waals surface area contributed by atoms with E-state index in [4.69, 9.17) is 14.9 Å². The fourth-order valence-electron chi connectivity index (χ4n) is 5.87. The van der Waals surface area contributed by atoms with E-state index in [1.807, 2.05) is 24.4 Å². The summed E-state index contributed by atoms with van der Waals surface area (Å²) in [6.07, 6.45) is 9.41. The van der Waals surface area contributed by atoms with Crippen molar-refractivity contribution in [3.63, 3.8) is 0 Å². The molecule has 0 aromatic carbocycles. The molecule has 1 unspecified atom stereocenters. The van der Waals surface area contributed by atoms with Gasteiger partial charge in [-0.05, 0) is 75.4 Å². The highest BCUT2D eigenvalue weighted by Gasteiger charge is 2.46. The number of rotatable bonds is 6. The largest absolute Gasteiger partial charge is 0.479 e. The minimum absolute atomic E-state index is 0. The Balaban J connectivity index is 0.00000280. The van der Waals surface area contributed by atoms with Crippen molar-refractivity contribution in [3.8, 4) is 23.1 Å². The molecule has 6 rings (SSSR count). The molecule has 0 radical (unpaired) electrons. The Labute approximate surface area is 221 Å². The van der Waals surface area contributed by atoms with E-state index in [0.717, 1.165) is 37.2 Å². The van der Waals surface area contributed by atoms with Gasteiger partial charge in [0.2, 0.25) is 0 Å². The van der Waals surface area contributed by atoms with Gasteiger partial charge in [-0.2, -0.15) is 15.5 Å². The summed E-state index contributed by atoms with van der Waals surface area (Å²) in [6, 6.07) is 11.8. The number of hydrogen-bond acceptors (Lipinski definition) is 7. The van der Waals surface area contributed by atoms with Gasteiger partial charge in [-0.25, -0.2) is 4.52 Å². The van der Waals surface area contributed by atoms with Gasteiger partial charge < -0.3 is 15.2 Å². The van der Waals surface area contributed by atoms with Gasteiger partial charge in [0.1, 0.15) is 28.6 Å². The highest BCUT2D eigenvalue weighted by molar-refractivity contribution is 5.85. The van der Waals surface area contributed by atoms with Crippen LogP contribution in [0.1, 0.15) is 54.8 Å². The zero-order chi connectivity index (χ0) is 24.7. The third-order valence-electron chi connectivity index (χ3n) is 7.83. The fourth-order valence-corrected chi connectivity index (χ4v) is 5.87. The second-order valence-corrected chi connectivity index (χ2v) is 9.94. The summed E-state index contributed by atoms with van der Waals surface area (Å²) in [5.74, 6) is 0.467. The molecule has 5 heterocycles. The van der Waals surface area contributed by atoms with Crippen molar-refractivity contribution in [3.05, 3.63) is 65.9 Å². The van der Waals surface area contributed by atoms with E-state index < -0.39 is 6.10 Å².